The molecule has 1 unspecified atom stereocenters. The highest BCUT2D eigenvalue weighted by atomic mass is 15.2. The predicted molar refractivity (Wildman–Crippen MR) is 77.5 cm³/mol. The first-order valence-electron chi connectivity index (χ1n) is 7.23. The topological polar surface area (TPSA) is 29.3 Å². The van der Waals surface area contributed by atoms with Crippen LogP contribution in [-0.2, 0) is 13.0 Å². The van der Waals surface area contributed by atoms with Gasteiger partial charge in [0.1, 0.15) is 0 Å². The van der Waals surface area contributed by atoms with Gasteiger partial charge in [0.25, 0.3) is 0 Å². The molecule has 18 heavy (non-hydrogen) atoms. The van der Waals surface area contributed by atoms with Crippen molar-refractivity contribution in [2.45, 2.75) is 45.7 Å². The molecule has 0 bridgehead atoms. The van der Waals surface area contributed by atoms with Gasteiger partial charge in [-0.15, -0.1) is 0 Å². The summed E-state index contributed by atoms with van der Waals surface area (Å²) in [4.78, 5) is 2.65. The molecule has 1 atom stereocenters. The van der Waals surface area contributed by atoms with E-state index < -0.39 is 0 Å². The molecule has 1 aliphatic rings. The summed E-state index contributed by atoms with van der Waals surface area (Å²) in [6, 6.07) is 9.52. The molecule has 100 valence electrons. The summed E-state index contributed by atoms with van der Waals surface area (Å²) in [7, 11) is 0. The zero-order valence-electron chi connectivity index (χ0n) is 11.7. The number of nitrogens with two attached hydrogens (primary N) is 1. The average Bonchev–Trinajstić information content (AvgIpc) is 2.80. The Balaban J connectivity index is 2.08. The van der Waals surface area contributed by atoms with Crippen LogP contribution in [0.15, 0.2) is 24.3 Å². The van der Waals surface area contributed by atoms with Crippen molar-refractivity contribution in [2.75, 3.05) is 13.1 Å². The minimum atomic E-state index is 0.741. The maximum Gasteiger partial charge on any atom is 0.0239 e. The first kappa shape index (κ1) is 13.6. The molecule has 2 heteroatoms. The summed E-state index contributed by atoms with van der Waals surface area (Å²) in [5.74, 6) is 0.758. The summed E-state index contributed by atoms with van der Waals surface area (Å²) in [5.41, 5.74) is 8.59. The third-order valence-electron chi connectivity index (χ3n) is 4.09. The molecule has 1 aliphatic heterocycles. The van der Waals surface area contributed by atoms with E-state index >= 15 is 0 Å². The summed E-state index contributed by atoms with van der Waals surface area (Å²) in [6.45, 7) is 7.77. The van der Waals surface area contributed by atoms with Gasteiger partial charge in [0.15, 0.2) is 0 Å². The van der Waals surface area contributed by atoms with E-state index in [2.05, 4.69) is 43.0 Å². The standard InChI is InChI=1S/C16H26N2/c1-13(2)16-8-5-11-18(16)12-15-7-4-3-6-14(15)9-10-17/h3-4,6-7,13,16H,5,8-12,17H2,1-2H3. The molecule has 1 aromatic rings. The molecule has 0 amide bonds. The lowest BCUT2D eigenvalue weighted by atomic mass is 10.00. The molecule has 0 aliphatic carbocycles. The SMILES string of the molecule is CC(C)C1CCCN1Cc1ccccc1CCN. The number of rotatable bonds is 5. The van der Waals surface area contributed by atoms with Crippen LogP contribution in [-0.4, -0.2) is 24.0 Å². The predicted octanol–water partition coefficient (Wildman–Crippen LogP) is 2.81. The third-order valence-corrected chi connectivity index (χ3v) is 4.09. The Morgan fingerprint density at radius 1 is 1.28 bits per heavy atom. The molecule has 2 N–H and O–H groups in total. The summed E-state index contributed by atoms with van der Waals surface area (Å²) >= 11 is 0. The second-order valence-corrected chi connectivity index (χ2v) is 5.73. The number of nitrogens with zero attached hydrogens (tertiary/aromatic N) is 1. The zero-order chi connectivity index (χ0) is 13.0. The average molecular weight is 246 g/mol. The van der Waals surface area contributed by atoms with E-state index in [0.717, 1.165) is 31.5 Å². The molecule has 1 heterocycles. The molecule has 2 nitrogen and oxygen atoms in total. The van der Waals surface area contributed by atoms with Gasteiger partial charge in [-0.05, 0) is 49.4 Å². The van der Waals surface area contributed by atoms with Crippen molar-refractivity contribution in [3.8, 4) is 0 Å². The van der Waals surface area contributed by atoms with Crippen molar-refractivity contribution < 1.29 is 0 Å². The van der Waals surface area contributed by atoms with Gasteiger partial charge < -0.3 is 5.73 Å². The molecule has 1 fully saturated rings. The van der Waals surface area contributed by atoms with Crippen LogP contribution < -0.4 is 5.73 Å². The number of hydrogen-bond acceptors (Lipinski definition) is 2. The minimum Gasteiger partial charge on any atom is -0.330 e. The van der Waals surface area contributed by atoms with E-state index in [-0.39, 0.29) is 0 Å². The second-order valence-electron chi connectivity index (χ2n) is 5.73. The molecule has 1 saturated heterocycles. The minimum absolute atomic E-state index is 0.741. The van der Waals surface area contributed by atoms with Gasteiger partial charge in [0.05, 0.1) is 0 Å². The fraction of sp³-hybridized carbons (Fsp3) is 0.625. The van der Waals surface area contributed by atoms with Crippen LogP contribution in [0.25, 0.3) is 0 Å². The highest BCUT2D eigenvalue weighted by molar-refractivity contribution is 5.27. The fourth-order valence-electron chi connectivity index (χ4n) is 3.13. The van der Waals surface area contributed by atoms with Gasteiger partial charge >= 0.3 is 0 Å². The zero-order valence-corrected chi connectivity index (χ0v) is 11.7. The molecule has 0 spiro atoms. The summed E-state index contributed by atoms with van der Waals surface area (Å²) in [6.07, 6.45) is 3.70. The Bertz CT molecular complexity index is 373. The van der Waals surface area contributed by atoms with E-state index in [1.54, 1.807) is 0 Å². The lowest BCUT2D eigenvalue weighted by Crippen LogP contribution is -2.33. The van der Waals surface area contributed by atoms with Gasteiger partial charge in [-0.1, -0.05) is 38.1 Å². The second kappa shape index (κ2) is 6.35. The van der Waals surface area contributed by atoms with Crippen LogP contribution in [0.3, 0.4) is 0 Å². The summed E-state index contributed by atoms with van der Waals surface area (Å²) in [5, 5.41) is 0. The van der Waals surface area contributed by atoms with Crippen molar-refractivity contribution in [1.29, 1.82) is 0 Å². The maximum atomic E-state index is 5.70. The molecular weight excluding hydrogens is 220 g/mol. The van der Waals surface area contributed by atoms with Crippen LogP contribution in [0.1, 0.15) is 37.8 Å². The molecule has 1 aromatic carbocycles. The van der Waals surface area contributed by atoms with E-state index in [4.69, 9.17) is 5.73 Å². The molecule has 0 radical (unpaired) electrons. The first-order chi connectivity index (χ1) is 8.72. The third kappa shape index (κ3) is 3.12. The van der Waals surface area contributed by atoms with Crippen LogP contribution >= 0.6 is 0 Å². The lowest BCUT2D eigenvalue weighted by molar-refractivity contribution is 0.198. The highest BCUT2D eigenvalue weighted by Crippen LogP contribution is 2.26. The Morgan fingerprint density at radius 2 is 2.00 bits per heavy atom. The monoisotopic (exact) mass is 246 g/mol. The van der Waals surface area contributed by atoms with Crippen molar-refractivity contribution >= 4 is 0 Å². The van der Waals surface area contributed by atoms with Crippen molar-refractivity contribution in [2.24, 2.45) is 11.7 Å². The van der Waals surface area contributed by atoms with E-state index in [0.29, 0.717) is 0 Å². The first-order valence-corrected chi connectivity index (χ1v) is 7.23. The molecule has 2 rings (SSSR count). The number of hydrogen-bond donors (Lipinski definition) is 1. The quantitative estimate of drug-likeness (QED) is 0.865. The van der Waals surface area contributed by atoms with Gasteiger partial charge in [0, 0.05) is 12.6 Å². The smallest absolute Gasteiger partial charge is 0.0239 e. The highest BCUT2D eigenvalue weighted by Gasteiger charge is 2.27. The van der Waals surface area contributed by atoms with Gasteiger partial charge in [-0.2, -0.15) is 0 Å². The van der Waals surface area contributed by atoms with Crippen LogP contribution in [0.5, 0.6) is 0 Å². The lowest BCUT2D eigenvalue weighted by Gasteiger charge is -2.28. The van der Waals surface area contributed by atoms with Crippen LogP contribution in [0.2, 0.25) is 0 Å². The van der Waals surface area contributed by atoms with Crippen LogP contribution in [0, 0.1) is 5.92 Å². The van der Waals surface area contributed by atoms with E-state index in [9.17, 15) is 0 Å². The van der Waals surface area contributed by atoms with Crippen molar-refractivity contribution in [1.82, 2.24) is 4.90 Å². The Morgan fingerprint density at radius 3 is 2.67 bits per heavy atom. The maximum absolute atomic E-state index is 5.70. The van der Waals surface area contributed by atoms with Gasteiger partial charge in [-0.3, -0.25) is 4.90 Å². The van der Waals surface area contributed by atoms with Crippen LogP contribution in [0.4, 0.5) is 0 Å². The Kier molecular flexibility index (Phi) is 4.79. The number of benzene rings is 1. The van der Waals surface area contributed by atoms with Crippen molar-refractivity contribution in [3.05, 3.63) is 35.4 Å². The van der Waals surface area contributed by atoms with Crippen molar-refractivity contribution in [3.63, 3.8) is 0 Å². The summed E-state index contributed by atoms with van der Waals surface area (Å²) < 4.78 is 0. The Labute approximate surface area is 111 Å². The van der Waals surface area contributed by atoms with E-state index in [1.807, 2.05) is 0 Å². The molecular formula is C16H26N2. The number of likely N-dealkylation sites (tertiary alicyclic amines) is 1. The van der Waals surface area contributed by atoms with Gasteiger partial charge in [0.2, 0.25) is 0 Å². The molecule has 0 saturated carbocycles. The largest absolute Gasteiger partial charge is 0.330 e. The van der Waals surface area contributed by atoms with E-state index in [1.165, 1.54) is 30.5 Å². The Hall–Kier alpha value is -0.860. The normalized spacial score (nSPS) is 20.8. The fourth-order valence-corrected chi connectivity index (χ4v) is 3.13. The van der Waals surface area contributed by atoms with Gasteiger partial charge in [-0.25, -0.2) is 0 Å². The molecule has 0 aromatic heterocycles.